The Morgan fingerprint density at radius 3 is 2.00 bits per heavy atom. The summed E-state index contributed by atoms with van der Waals surface area (Å²) in [7, 11) is 0. The van der Waals surface area contributed by atoms with E-state index < -0.39 is 46.8 Å². The third-order valence-corrected chi connectivity index (χ3v) is 4.90. The molecule has 0 aliphatic heterocycles. The molecule has 2 atom stereocenters. The number of carbonyl (C=O) groups is 2. The van der Waals surface area contributed by atoms with Crippen LogP contribution in [-0.4, -0.2) is 42.3 Å². The van der Waals surface area contributed by atoms with E-state index in [1.165, 1.54) is 23.9 Å². The number of hydrogen-bond acceptors (Lipinski definition) is 5. The number of nitrogens with one attached hydrogen (secondary N) is 1. The average molecular weight is 464 g/mol. The molecule has 9 heteroatoms. The molecule has 0 aliphatic rings. The van der Waals surface area contributed by atoms with Crippen molar-refractivity contribution in [3.63, 3.8) is 0 Å². The van der Waals surface area contributed by atoms with E-state index in [1.807, 2.05) is 6.26 Å². The van der Waals surface area contributed by atoms with Gasteiger partial charge in [0.15, 0.2) is 0 Å². The number of amides is 1. The zero-order valence-electron chi connectivity index (χ0n) is 19.1. The quantitative estimate of drug-likeness (QED) is 0.531. The van der Waals surface area contributed by atoms with Crippen LogP contribution in [0.3, 0.4) is 0 Å². The van der Waals surface area contributed by atoms with Gasteiger partial charge in [-0.1, -0.05) is 12.1 Å². The van der Waals surface area contributed by atoms with Crippen molar-refractivity contribution >= 4 is 23.8 Å². The minimum Gasteiger partial charge on any atom is -0.463 e. The van der Waals surface area contributed by atoms with Crippen molar-refractivity contribution < 1.29 is 32.2 Å². The molecule has 176 valence electrons. The van der Waals surface area contributed by atoms with Crippen molar-refractivity contribution in [1.29, 1.82) is 0 Å². The normalized spacial score (nSPS) is 14.5. The van der Waals surface area contributed by atoms with Crippen LogP contribution in [0.5, 0.6) is 0 Å². The van der Waals surface area contributed by atoms with Crippen molar-refractivity contribution in [3.8, 4) is 0 Å². The molecule has 5 nitrogen and oxygen atoms in total. The molecular weight excluding hydrogens is 431 g/mol. The fourth-order valence-electron chi connectivity index (χ4n) is 2.64. The minimum atomic E-state index is -4.44. The van der Waals surface area contributed by atoms with Crippen LogP contribution in [0.25, 0.3) is 0 Å². The largest absolute Gasteiger partial charge is 0.463 e. The molecule has 0 fully saturated rings. The Bertz CT molecular complexity index is 737. The molecule has 1 N–H and O–H groups in total. The number of alkyl carbamates (subject to hydrolysis) is 1. The number of esters is 1. The molecule has 0 unspecified atom stereocenters. The third kappa shape index (κ3) is 9.41. The Balaban J connectivity index is 3.19. The average Bonchev–Trinajstić information content (AvgIpc) is 2.60. The summed E-state index contributed by atoms with van der Waals surface area (Å²) in [4.78, 5) is 24.7. The summed E-state index contributed by atoms with van der Waals surface area (Å²) in [5.41, 5.74) is -1.63. The molecule has 31 heavy (non-hydrogen) atoms. The lowest BCUT2D eigenvalue weighted by molar-refractivity contribution is -0.153. The number of ether oxygens (including phenoxy) is 2. The molecule has 0 aromatic heterocycles. The molecule has 0 bridgehead atoms. The van der Waals surface area contributed by atoms with Crippen LogP contribution in [0, 0.1) is 5.41 Å². The summed E-state index contributed by atoms with van der Waals surface area (Å²) in [6.07, 6.45) is -3.28. The zero-order chi connectivity index (χ0) is 24.0. The van der Waals surface area contributed by atoms with Crippen molar-refractivity contribution in [2.45, 2.75) is 65.3 Å². The predicted octanol–water partition coefficient (Wildman–Crippen LogP) is 5.63. The van der Waals surface area contributed by atoms with Gasteiger partial charge >= 0.3 is 18.2 Å². The van der Waals surface area contributed by atoms with E-state index in [2.05, 4.69) is 5.32 Å². The first-order valence-electron chi connectivity index (χ1n) is 9.87. The van der Waals surface area contributed by atoms with Gasteiger partial charge in [0.25, 0.3) is 0 Å². The summed E-state index contributed by atoms with van der Waals surface area (Å²) in [6.45, 7) is 10.1. The first kappa shape index (κ1) is 27.1. The molecule has 0 heterocycles. The van der Waals surface area contributed by atoms with Gasteiger partial charge in [-0.2, -0.15) is 24.9 Å². The SMILES string of the molecule is CSC[C@H](c1ccc(C(F)(F)F)cc1)[C@@H](COC(=O)C(C)(C)C)NC(=O)OC(C)(C)C. The van der Waals surface area contributed by atoms with Crippen molar-refractivity contribution in [3.05, 3.63) is 35.4 Å². The van der Waals surface area contributed by atoms with Gasteiger partial charge in [0.05, 0.1) is 17.0 Å². The van der Waals surface area contributed by atoms with Crippen LogP contribution in [0.1, 0.15) is 58.6 Å². The van der Waals surface area contributed by atoms with Gasteiger partial charge in [0, 0.05) is 11.7 Å². The Kier molecular flexibility index (Phi) is 9.29. The van der Waals surface area contributed by atoms with Crippen molar-refractivity contribution in [2.75, 3.05) is 18.6 Å². The van der Waals surface area contributed by atoms with Crippen LogP contribution < -0.4 is 5.32 Å². The number of benzene rings is 1. The van der Waals surface area contributed by atoms with E-state index in [1.54, 1.807) is 41.5 Å². The first-order chi connectivity index (χ1) is 14.0. The minimum absolute atomic E-state index is 0.137. The van der Waals surface area contributed by atoms with Crippen LogP contribution in [-0.2, 0) is 20.4 Å². The molecule has 1 rings (SSSR count). The number of hydrogen-bond donors (Lipinski definition) is 1. The van der Waals surface area contributed by atoms with Gasteiger partial charge < -0.3 is 14.8 Å². The summed E-state index contributed by atoms with van der Waals surface area (Å²) in [5, 5.41) is 2.73. The lowest BCUT2D eigenvalue weighted by Crippen LogP contribution is -2.46. The lowest BCUT2D eigenvalue weighted by Gasteiger charge is -2.30. The first-order valence-corrected chi connectivity index (χ1v) is 11.3. The van der Waals surface area contributed by atoms with E-state index in [9.17, 15) is 22.8 Å². The van der Waals surface area contributed by atoms with Crippen molar-refractivity contribution in [1.82, 2.24) is 5.32 Å². The molecule has 1 amide bonds. The number of alkyl halides is 3. The van der Waals surface area contributed by atoms with Gasteiger partial charge in [-0.15, -0.1) is 0 Å². The molecule has 1 aromatic carbocycles. The highest BCUT2D eigenvalue weighted by Crippen LogP contribution is 2.32. The highest BCUT2D eigenvalue weighted by Gasteiger charge is 2.33. The summed E-state index contributed by atoms with van der Waals surface area (Å²) in [6, 6.07) is 4.10. The third-order valence-electron chi connectivity index (χ3n) is 4.21. The molecule has 0 saturated carbocycles. The Morgan fingerprint density at radius 1 is 1.03 bits per heavy atom. The summed E-state index contributed by atoms with van der Waals surface area (Å²) in [5.74, 6) is -0.366. The number of thioether (sulfide) groups is 1. The monoisotopic (exact) mass is 463 g/mol. The van der Waals surface area contributed by atoms with Crippen molar-refractivity contribution in [2.24, 2.45) is 5.41 Å². The maximum Gasteiger partial charge on any atom is 0.416 e. The summed E-state index contributed by atoms with van der Waals surface area (Å²) < 4.78 is 49.6. The van der Waals surface area contributed by atoms with Crippen LogP contribution >= 0.6 is 11.8 Å². The number of halogens is 3. The maximum absolute atomic E-state index is 12.9. The molecular formula is C22H32F3NO4S. The molecule has 0 aliphatic carbocycles. The Hall–Kier alpha value is -1.90. The fraction of sp³-hybridized carbons (Fsp3) is 0.636. The second-order valence-electron chi connectivity index (χ2n) is 9.28. The van der Waals surface area contributed by atoms with Crippen LogP contribution in [0.2, 0.25) is 0 Å². The second kappa shape index (κ2) is 10.6. The van der Waals surface area contributed by atoms with E-state index in [0.29, 0.717) is 11.3 Å². The van der Waals surface area contributed by atoms with E-state index >= 15 is 0 Å². The second-order valence-corrected chi connectivity index (χ2v) is 10.2. The highest BCUT2D eigenvalue weighted by molar-refractivity contribution is 7.98. The van der Waals surface area contributed by atoms with Gasteiger partial charge in [-0.05, 0) is 65.5 Å². The van der Waals surface area contributed by atoms with Crippen LogP contribution in [0.15, 0.2) is 24.3 Å². The summed E-state index contributed by atoms with van der Waals surface area (Å²) >= 11 is 1.47. The van der Waals surface area contributed by atoms with Gasteiger partial charge in [0.2, 0.25) is 0 Å². The van der Waals surface area contributed by atoms with Gasteiger partial charge in [-0.25, -0.2) is 4.79 Å². The Labute approximate surface area is 186 Å². The molecule has 0 spiro atoms. The molecule has 0 saturated heterocycles. The lowest BCUT2D eigenvalue weighted by atomic mass is 9.92. The zero-order valence-corrected chi connectivity index (χ0v) is 19.9. The van der Waals surface area contributed by atoms with Gasteiger partial charge in [-0.3, -0.25) is 4.79 Å². The molecule has 0 radical (unpaired) electrons. The number of rotatable bonds is 7. The standard InChI is InChI=1S/C22H32F3NO4S/c1-20(2,3)18(27)29-12-17(26-19(28)30-21(4,5)6)16(13-31-7)14-8-10-15(11-9-14)22(23,24)25/h8-11,16-17H,12-13H2,1-7H3,(H,26,28)/t16-,17-/m1/s1. The highest BCUT2D eigenvalue weighted by atomic mass is 32.2. The number of carbonyl (C=O) groups excluding carboxylic acids is 2. The fourth-order valence-corrected chi connectivity index (χ4v) is 3.43. The van der Waals surface area contributed by atoms with Crippen LogP contribution in [0.4, 0.5) is 18.0 Å². The maximum atomic E-state index is 12.9. The topological polar surface area (TPSA) is 64.6 Å². The van der Waals surface area contributed by atoms with E-state index in [0.717, 1.165) is 12.1 Å². The Morgan fingerprint density at radius 2 is 1.58 bits per heavy atom. The van der Waals surface area contributed by atoms with E-state index in [4.69, 9.17) is 9.47 Å². The smallest absolute Gasteiger partial charge is 0.416 e. The van der Waals surface area contributed by atoms with E-state index in [-0.39, 0.29) is 6.61 Å². The molecule has 1 aromatic rings. The van der Waals surface area contributed by atoms with Gasteiger partial charge in [0.1, 0.15) is 12.2 Å². The predicted molar refractivity (Wildman–Crippen MR) is 116 cm³/mol.